The van der Waals surface area contributed by atoms with Crippen LogP contribution in [0, 0.1) is 13.8 Å². The predicted octanol–water partition coefficient (Wildman–Crippen LogP) is 6.87. The summed E-state index contributed by atoms with van der Waals surface area (Å²) in [4.78, 5) is 1.26. The Bertz CT molecular complexity index is 1080. The van der Waals surface area contributed by atoms with Crippen LogP contribution < -0.4 is 9.47 Å². The summed E-state index contributed by atoms with van der Waals surface area (Å²) in [6.07, 6.45) is 0. The highest BCUT2D eigenvalue weighted by molar-refractivity contribution is 7.23. The standard InChI is InChI=1S/C24H22O2S/c1-15-9-7-10-16(2)21(15)24-22(17-11-5-6-14-20(17)27-24)23-18(25-3)12-8-13-19(23)26-4/h5-14H,1-4H3. The molecule has 3 aromatic carbocycles. The van der Waals surface area contributed by atoms with E-state index in [1.807, 2.05) is 29.5 Å². The molecule has 0 saturated heterocycles. The van der Waals surface area contributed by atoms with E-state index in [1.54, 1.807) is 14.2 Å². The summed E-state index contributed by atoms with van der Waals surface area (Å²) >= 11 is 1.83. The van der Waals surface area contributed by atoms with Crippen LogP contribution in [-0.2, 0) is 0 Å². The zero-order valence-corrected chi connectivity index (χ0v) is 16.8. The van der Waals surface area contributed by atoms with Crippen molar-refractivity contribution in [1.29, 1.82) is 0 Å². The zero-order valence-electron chi connectivity index (χ0n) is 16.0. The second kappa shape index (κ2) is 7.09. The molecule has 136 valence electrons. The second-order valence-electron chi connectivity index (χ2n) is 6.61. The van der Waals surface area contributed by atoms with Crippen LogP contribution in [0.25, 0.3) is 31.7 Å². The molecular weight excluding hydrogens is 352 g/mol. The van der Waals surface area contributed by atoms with Crippen LogP contribution in [0.2, 0.25) is 0 Å². The van der Waals surface area contributed by atoms with E-state index in [2.05, 4.69) is 56.3 Å². The molecule has 0 aliphatic rings. The summed E-state index contributed by atoms with van der Waals surface area (Å²) in [6.45, 7) is 4.35. The molecule has 0 N–H and O–H groups in total. The Labute approximate surface area is 164 Å². The van der Waals surface area contributed by atoms with Crippen LogP contribution in [0.15, 0.2) is 60.7 Å². The highest BCUT2D eigenvalue weighted by atomic mass is 32.1. The Hall–Kier alpha value is -2.78. The molecule has 2 nitrogen and oxygen atoms in total. The highest BCUT2D eigenvalue weighted by Gasteiger charge is 2.23. The quantitative estimate of drug-likeness (QED) is 0.388. The molecule has 0 unspecified atom stereocenters. The fourth-order valence-electron chi connectivity index (χ4n) is 3.74. The lowest BCUT2D eigenvalue weighted by Crippen LogP contribution is -1.94. The van der Waals surface area contributed by atoms with Crippen molar-refractivity contribution in [2.45, 2.75) is 13.8 Å². The maximum atomic E-state index is 5.74. The van der Waals surface area contributed by atoms with E-state index in [1.165, 1.54) is 37.2 Å². The summed E-state index contributed by atoms with van der Waals surface area (Å²) in [5, 5.41) is 1.22. The third-order valence-electron chi connectivity index (χ3n) is 4.98. The molecule has 4 aromatic rings. The molecule has 0 aliphatic heterocycles. The van der Waals surface area contributed by atoms with Gasteiger partial charge in [-0.15, -0.1) is 11.3 Å². The van der Waals surface area contributed by atoms with Crippen molar-refractivity contribution in [2.75, 3.05) is 14.2 Å². The number of fused-ring (bicyclic) bond motifs is 1. The fourth-order valence-corrected chi connectivity index (χ4v) is 5.12. The monoisotopic (exact) mass is 374 g/mol. The molecule has 0 radical (unpaired) electrons. The maximum absolute atomic E-state index is 5.74. The molecule has 1 heterocycles. The topological polar surface area (TPSA) is 18.5 Å². The van der Waals surface area contributed by atoms with Crippen molar-refractivity contribution in [2.24, 2.45) is 0 Å². The number of hydrogen-bond acceptors (Lipinski definition) is 3. The fraction of sp³-hybridized carbons (Fsp3) is 0.167. The van der Waals surface area contributed by atoms with Crippen LogP contribution in [0.4, 0.5) is 0 Å². The van der Waals surface area contributed by atoms with Crippen LogP contribution in [0.5, 0.6) is 11.5 Å². The summed E-state index contributed by atoms with van der Waals surface area (Å²) in [5.41, 5.74) is 6.04. The number of methoxy groups -OCH3 is 2. The van der Waals surface area contributed by atoms with E-state index in [-0.39, 0.29) is 0 Å². The zero-order chi connectivity index (χ0) is 19.0. The van der Waals surface area contributed by atoms with Crippen LogP contribution >= 0.6 is 11.3 Å². The minimum Gasteiger partial charge on any atom is -0.496 e. The minimum atomic E-state index is 0.824. The van der Waals surface area contributed by atoms with E-state index in [0.717, 1.165) is 17.1 Å². The first-order valence-corrected chi connectivity index (χ1v) is 9.76. The van der Waals surface area contributed by atoms with E-state index in [4.69, 9.17) is 9.47 Å². The number of hydrogen-bond donors (Lipinski definition) is 0. The van der Waals surface area contributed by atoms with Gasteiger partial charge in [0, 0.05) is 20.5 Å². The number of ether oxygens (including phenoxy) is 2. The lowest BCUT2D eigenvalue weighted by molar-refractivity contribution is 0.397. The van der Waals surface area contributed by atoms with Gasteiger partial charge in [0.25, 0.3) is 0 Å². The van der Waals surface area contributed by atoms with Gasteiger partial charge in [0.2, 0.25) is 0 Å². The average molecular weight is 375 g/mol. The van der Waals surface area contributed by atoms with E-state index in [9.17, 15) is 0 Å². The SMILES string of the molecule is COc1cccc(OC)c1-c1c(-c2c(C)cccc2C)sc2ccccc12. The Morgan fingerprint density at radius 3 is 1.85 bits per heavy atom. The van der Waals surface area contributed by atoms with Gasteiger partial charge >= 0.3 is 0 Å². The summed E-state index contributed by atoms with van der Waals surface area (Å²) in [7, 11) is 3.43. The normalized spacial score (nSPS) is 11.0. The lowest BCUT2D eigenvalue weighted by atomic mass is 9.93. The molecule has 27 heavy (non-hydrogen) atoms. The van der Waals surface area contributed by atoms with Gasteiger partial charge in [0.15, 0.2) is 0 Å². The van der Waals surface area contributed by atoms with Gasteiger partial charge < -0.3 is 9.47 Å². The number of thiophene rings is 1. The lowest BCUT2D eigenvalue weighted by Gasteiger charge is -2.16. The van der Waals surface area contributed by atoms with Gasteiger partial charge in [-0.2, -0.15) is 0 Å². The Morgan fingerprint density at radius 2 is 1.22 bits per heavy atom. The molecule has 0 amide bonds. The van der Waals surface area contributed by atoms with Gasteiger partial charge in [-0.3, -0.25) is 0 Å². The first-order chi connectivity index (χ1) is 13.2. The molecule has 0 spiro atoms. The van der Waals surface area contributed by atoms with E-state index < -0.39 is 0 Å². The largest absolute Gasteiger partial charge is 0.496 e. The molecule has 0 saturated carbocycles. The average Bonchev–Trinajstić information content (AvgIpc) is 3.05. The molecular formula is C24H22O2S. The van der Waals surface area contributed by atoms with Crippen molar-refractivity contribution in [3.63, 3.8) is 0 Å². The van der Waals surface area contributed by atoms with Gasteiger partial charge in [0.1, 0.15) is 11.5 Å². The molecule has 0 bridgehead atoms. The molecule has 0 atom stereocenters. The van der Waals surface area contributed by atoms with Crippen molar-refractivity contribution >= 4 is 21.4 Å². The molecule has 3 heteroatoms. The third kappa shape index (κ3) is 2.88. The molecule has 0 aliphatic carbocycles. The first kappa shape index (κ1) is 17.6. The highest BCUT2D eigenvalue weighted by Crippen LogP contribution is 2.51. The molecule has 0 fully saturated rings. The van der Waals surface area contributed by atoms with Crippen LogP contribution in [0.3, 0.4) is 0 Å². The van der Waals surface area contributed by atoms with Crippen LogP contribution in [-0.4, -0.2) is 14.2 Å². The van der Waals surface area contributed by atoms with Crippen molar-refractivity contribution < 1.29 is 9.47 Å². The summed E-state index contributed by atoms with van der Waals surface area (Å²) in [6, 6.07) is 21.0. The Morgan fingerprint density at radius 1 is 0.630 bits per heavy atom. The second-order valence-corrected chi connectivity index (χ2v) is 7.66. The number of aryl methyl sites for hydroxylation is 2. The Balaban J connectivity index is 2.17. The smallest absolute Gasteiger partial charge is 0.130 e. The van der Waals surface area contributed by atoms with Crippen molar-refractivity contribution in [1.82, 2.24) is 0 Å². The predicted molar refractivity (Wildman–Crippen MR) is 115 cm³/mol. The van der Waals surface area contributed by atoms with E-state index >= 15 is 0 Å². The van der Waals surface area contributed by atoms with E-state index in [0.29, 0.717) is 0 Å². The summed E-state index contributed by atoms with van der Waals surface area (Å²) in [5.74, 6) is 1.65. The molecule has 1 aromatic heterocycles. The van der Waals surface area contributed by atoms with Crippen molar-refractivity contribution in [3.8, 4) is 33.1 Å². The number of benzene rings is 3. The number of rotatable bonds is 4. The van der Waals surface area contributed by atoms with Gasteiger partial charge in [-0.1, -0.05) is 42.5 Å². The van der Waals surface area contributed by atoms with Gasteiger partial charge in [0.05, 0.1) is 19.8 Å². The van der Waals surface area contributed by atoms with Gasteiger partial charge in [-0.05, 0) is 48.7 Å². The summed E-state index contributed by atoms with van der Waals surface area (Å²) < 4.78 is 12.7. The van der Waals surface area contributed by atoms with Gasteiger partial charge in [-0.25, -0.2) is 0 Å². The maximum Gasteiger partial charge on any atom is 0.130 e. The third-order valence-corrected chi connectivity index (χ3v) is 6.17. The van der Waals surface area contributed by atoms with Crippen LogP contribution in [0.1, 0.15) is 11.1 Å². The minimum absolute atomic E-state index is 0.824. The first-order valence-electron chi connectivity index (χ1n) is 8.95. The van der Waals surface area contributed by atoms with Crippen molar-refractivity contribution in [3.05, 3.63) is 71.8 Å². The molecule has 4 rings (SSSR count). The Kier molecular flexibility index (Phi) is 4.63.